The topological polar surface area (TPSA) is 53.4 Å². The quantitative estimate of drug-likeness (QED) is 0.902. The van der Waals surface area contributed by atoms with Gasteiger partial charge < -0.3 is 10.0 Å². The van der Waals surface area contributed by atoms with Crippen LogP contribution < -0.4 is 4.90 Å². The highest BCUT2D eigenvalue weighted by atomic mass is 16.4. The highest BCUT2D eigenvalue weighted by Crippen LogP contribution is 2.45. The van der Waals surface area contributed by atoms with Gasteiger partial charge in [0.05, 0.1) is 5.69 Å². The summed E-state index contributed by atoms with van der Waals surface area (Å²) in [6.45, 7) is 3.87. The molecule has 1 aliphatic heterocycles. The van der Waals surface area contributed by atoms with Crippen molar-refractivity contribution in [2.75, 3.05) is 18.0 Å². The standard InChI is InChI=1S/C17H24N2O2/c1-13-11-15(14(12-18-13)16(20)21)19-9-7-17(8-10-19)5-3-2-4-6-17/h11-12H,2-10H2,1H3,(H,20,21). The second-order valence-corrected chi connectivity index (χ2v) is 6.70. The van der Waals surface area contributed by atoms with Gasteiger partial charge in [-0.3, -0.25) is 4.98 Å². The lowest BCUT2D eigenvalue weighted by Gasteiger charge is -2.45. The third-order valence-electron chi connectivity index (χ3n) is 5.33. The largest absolute Gasteiger partial charge is 0.478 e. The van der Waals surface area contributed by atoms with E-state index in [4.69, 9.17) is 0 Å². The van der Waals surface area contributed by atoms with Crippen LogP contribution in [0.1, 0.15) is 61.0 Å². The van der Waals surface area contributed by atoms with Gasteiger partial charge in [0.15, 0.2) is 0 Å². The molecule has 1 aromatic rings. The van der Waals surface area contributed by atoms with Crippen molar-refractivity contribution in [3.8, 4) is 0 Å². The molecule has 1 saturated heterocycles. The van der Waals surface area contributed by atoms with E-state index in [1.807, 2.05) is 13.0 Å². The lowest BCUT2D eigenvalue weighted by Crippen LogP contribution is -2.41. The van der Waals surface area contributed by atoms with Crippen molar-refractivity contribution in [2.24, 2.45) is 5.41 Å². The van der Waals surface area contributed by atoms with Crippen LogP contribution in [0.15, 0.2) is 12.3 Å². The van der Waals surface area contributed by atoms with Crippen LogP contribution in [0.4, 0.5) is 5.69 Å². The Morgan fingerprint density at radius 2 is 1.86 bits per heavy atom. The van der Waals surface area contributed by atoms with Crippen LogP contribution in [-0.4, -0.2) is 29.1 Å². The smallest absolute Gasteiger partial charge is 0.339 e. The fourth-order valence-electron chi connectivity index (χ4n) is 4.00. The number of carboxylic acid groups (broad SMARTS) is 1. The van der Waals surface area contributed by atoms with Crippen molar-refractivity contribution in [3.63, 3.8) is 0 Å². The zero-order valence-corrected chi connectivity index (χ0v) is 12.8. The number of hydrogen-bond donors (Lipinski definition) is 1. The molecule has 0 amide bonds. The van der Waals surface area contributed by atoms with Gasteiger partial charge in [-0.15, -0.1) is 0 Å². The fourth-order valence-corrected chi connectivity index (χ4v) is 4.00. The molecule has 0 atom stereocenters. The number of aromatic carboxylic acids is 1. The van der Waals surface area contributed by atoms with Crippen LogP contribution in [-0.2, 0) is 0 Å². The molecule has 1 saturated carbocycles. The van der Waals surface area contributed by atoms with Crippen molar-refractivity contribution in [1.29, 1.82) is 0 Å². The van der Waals surface area contributed by atoms with Gasteiger partial charge in [-0.1, -0.05) is 19.3 Å². The number of nitrogens with zero attached hydrogens (tertiary/aromatic N) is 2. The monoisotopic (exact) mass is 288 g/mol. The molecule has 0 bridgehead atoms. The maximum atomic E-state index is 11.4. The molecule has 3 rings (SSSR count). The van der Waals surface area contributed by atoms with Gasteiger partial charge in [0.25, 0.3) is 0 Å². The van der Waals surface area contributed by atoms with Crippen molar-refractivity contribution in [3.05, 3.63) is 23.5 Å². The molecule has 2 fully saturated rings. The zero-order chi connectivity index (χ0) is 14.9. The van der Waals surface area contributed by atoms with E-state index in [9.17, 15) is 9.90 Å². The summed E-state index contributed by atoms with van der Waals surface area (Å²) in [5, 5.41) is 9.36. The molecule has 1 spiro atoms. The number of rotatable bonds is 2. The number of aromatic nitrogens is 1. The van der Waals surface area contributed by atoms with Crippen LogP contribution in [0.25, 0.3) is 0 Å². The van der Waals surface area contributed by atoms with Gasteiger partial charge in [-0.05, 0) is 44.1 Å². The number of anilines is 1. The zero-order valence-electron chi connectivity index (χ0n) is 12.8. The van der Waals surface area contributed by atoms with Gasteiger partial charge in [0.1, 0.15) is 5.56 Å². The van der Waals surface area contributed by atoms with Crippen molar-refractivity contribution in [2.45, 2.75) is 51.9 Å². The van der Waals surface area contributed by atoms with E-state index in [0.29, 0.717) is 11.0 Å². The number of carbonyl (C=O) groups is 1. The summed E-state index contributed by atoms with van der Waals surface area (Å²) >= 11 is 0. The van der Waals surface area contributed by atoms with Crippen LogP contribution in [0.5, 0.6) is 0 Å². The van der Waals surface area contributed by atoms with E-state index in [0.717, 1.165) is 24.5 Å². The van der Waals surface area contributed by atoms with E-state index >= 15 is 0 Å². The van der Waals surface area contributed by atoms with Gasteiger partial charge in [-0.2, -0.15) is 0 Å². The summed E-state index contributed by atoms with van der Waals surface area (Å²) in [6.07, 6.45) is 10.8. The second kappa shape index (κ2) is 5.66. The summed E-state index contributed by atoms with van der Waals surface area (Å²) in [5.41, 5.74) is 2.61. The molecule has 1 aliphatic carbocycles. The number of hydrogen-bond acceptors (Lipinski definition) is 3. The minimum Gasteiger partial charge on any atom is -0.478 e. The van der Waals surface area contributed by atoms with E-state index in [-0.39, 0.29) is 0 Å². The first-order chi connectivity index (χ1) is 10.1. The summed E-state index contributed by atoms with van der Waals surface area (Å²) in [5.74, 6) is -0.879. The summed E-state index contributed by atoms with van der Waals surface area (Å²) < 4.78 is 0. The van der Waals surface area contributed by atoms with E-state index < -0.39 is 5.97 Å². The van der Waals surface area contributed by atoms with Gasteiger partial charge in [-0.25, -0.2) is 4.79 Å². The van der Waals surface area contributed by atoms with E-state index in [1.165, 1.54) is 51.1 Å². The molecule has 2 aliphatic rings. The van der Waals surface area contributed by atoms with Crippen molar-refractivity contribution in [1.82, 2.24) is 4.98 Å². The molecule has 1 aromatic heterocycles. The van der Waals surface area contributed by atoms with Crippen molar-refractivity contribution >= 4 is 11.7 Å². The Labute approximate surface area is 126 Å². The fraction of sp³-hybridized carbons (Fsp3) is 0.647. The third kappa shape index (κ3) is 2.89. The Kier molecular flexibility index (Phi) is 3.87. The highest BCUT2D eigenvalue weighted by Gasteiger charge is 2.36. The number of pyridine rings is 1. The molecule has 0 aromatic carbocycles. The molecule has 2 heterocycles. The third-order valence-corrected chi connectivity index (χ3v) is 5.33. The molecule has 1 N–H and O–H groups in total. The second-order valence-electron chi connectivity index (χ2n) is 6.70. The number of piperidine rings is 1. The molecule has 114 valence electrons. The minimum atomic E-state index is -0.879. The normalized spacial score (nSPS) is 21.5. The van der Waals surface area contributed by atoms with E-state index in [2.05, 4.69) is 9.88 Å². The maximum absolute atomic E-state index is 11.4. The Morgan fingerprint density at radius 1 is 1.19 bits per heavy atom. The minimum absolute atomic E-state index is 0.334. The first kappa shape index (κ1) is 14.4. The molecule has 0 radical (unpaired) electrons. The molecular formula is C17H24N2O2. The average Bonchev–Trinajstić information content (AvgIpc) is 2.48. The Morgan fingerprint density at radius 3 is 2.48 bits per heavy atom. The SMILES string of the molecule is Cc1cc(N2CCC3(CCCCC3)CC2)c(C(=O)O)cn1. The summed E-state index contributed by atoms with van der Waals surface area (Å²) in [6, 6.07) is 1.92. The van der Waals surface area contributed by atoms with Gasteiger partial charge >= 0.3 is 5.97 Å². The van der Waals surface area contributed by atoms with Crippen LogP contribution in [0.2, 0.25) is 0 Å². The van der Waals surface area contributed by atoms with Crippen LogP contribution in [0, 0.1) is 12.3 Å². The number of aryl methyl sites for hydroxylation is 1. The average molecular weight is 288 g/mol. The molecular weight excluding hydrogens is 264 g/mol. The van der Waals surface area contributed by atoms with Crippen molar-refractivity contribution < 1.29 is 9.90 Å². The molecule has 21 heavy (non-hydrogen) atoms. The first-order valence-electron chi connectivity index (χ1n) is 8.05. The molecule has 4 nitrogen and oxygen atoms in total. The molecule has 0 unspecified atom stereocenters. The molecule has 4 heteroatoms. The highest BCUT2D eigenvalue weighted by molar-refractivity contribution is 5.94. The van der Waals surface area contributed by atoms with Gasteiger partial charge in [0.2, 0.25) is 0 Å². The Balaban J connectivity index is 1.77. The summed E-state index contributed by atoms with van der Waals surface area (Å²) in [4.78, 5) is 17.8. The Hall–Kier alpha value is -1.58. The predicted octanol–water partition coefficient (Wildman–Crippen LogP) is 3.64. The Bertz CT molecular complexity index is 526. The first-order valence-corrected chi connectivity index (χ1v) is 8.05. The summed E-state index contributed by atoms with van der Waals surface area (Å²) in [7, 11) is 0. The van der Waals surface area contributed by atoms with E-state index in [1.54, 1.807) is 0 Å². The lowest BCUT2D eigenvalue weighted by molar-refractivity contribution is 0.0696. The maximum Gasteiger partial charge on any atom is 0.339 e. The van der Waals surface area contributed by atoms with Gasteiger partial charge in [0, 0.05) is 25.0 Å². The number of carboxylic acids is 1. The lowest BCUT2D eigenvalue weighted by atomic mass is 9.68. The van der Waals surface area contributed by atoms with Crippen LogP contribution >= 0.6 is 0 Å². The van der Waals surface area contributed by atoms with Crippen LogP contribution in [0.3, 0.4) is 0 Å². The predicted molar refractivity (Wildman–Crippen MR) is 82.9 cm³/mol.